The van der Waals surface area contributed by atoms with E-state index in [2.05, 4.69) is 10.6 Å². The Morgan fingerprint density at radius 1 is 1.42 bits per heavy atom. The van der Waals surface area contributed by atoms with Crippen molar-refractivity contribution in [3.63, 3.8) is 0 Å². The highest BCUT2D eigenvalue weighted by molar-refractivity contribution is 7.09. The molecule has 0 bridgehead atoms. The summed E-state index contributed by atoms with van der Waals surface area (Å²) in [5.74, 6) is -0.639. The number of amides is 1. The van der Waals surface area contributed by atoms with Gasteiger partial charge in [0.15, 0.2) is 0 Å². The summed E-state index contributed by atoms with van der Waals surface area (Å²) in [4.78, 5) is 24.9. The summed E-state index contributed by atoms with van der Waals surface area (Å²) in [5.41, 5.74) is 2.70. The van der Waals surface area contributed by atoms with E-state index in [0.29, 0.717) is 25.1 Å². The predicted molar refractivity (Wildman–Crippen MR) is 93.1 cm³/mol. The Hall–Kier alpha value is -1.99. The van der Waals surface area contributed by atoms with Gasteiger partial charge in [-0.2, -0.15) is 0 Å². The first kappa shape index (κ1) is 16.9. The molecule has 0 aliphatic carbocycles. The van der Waals surface area contributed by atoms with Crippen molar-refractivity contribution < 1.29 is 9.18 Å². The molecule has 0 saturated heterocycles. The van der Waals surface area contributed by atoms with Crippen molar-refractivity contribution in [2.45, 2.75) is 39.8 Å². The number of halogens is 1. The van der Waals surface area contributed by atoms with Gasteiger partial charge in [0.05, 0.1) is 5.69 Å². The van der Waals surface area contributed by atoms with Crippen molar-refractivity contribution in [3.8, 4) is 0 Å². The number of aryl methyl sites for hydroxylation is 1. The monoisotopic (exact) mass is 349 g/mol. The SMILES string of the molecule is Cc1sc(=O)n(CCC(=O)Nc2ccc3c(c2F)CCNC3)c1C. The van der Waals surface area contributed by atoms with E-state index in [4.69, 9.17) is 0 Å². The minimum absolute atomic E-state index is 0.0646. The molecule has 5 nitrogen and oxygen atoms in total. The van der Waals surface area contributed by atoms with Crippen molar-refractivity contribution in [1.29, 1.82) is 0 Å². The van der Waals surface area contributed by atoms with Gasteiger partial charge in [-0.1, -0.05) is 17.4 Å². The van der Waals surface area contributed by atoms with Crippen LogP contribution in [0.4, 0.5) is 10.1 Å². The van der Waals surface area contributed by atoms with Crippen LogP contribution in [0, 0.1) is 19.7 Å². The molecule has 0 fully saturated rings. The summed E-state index contributed by atoms with van der Waals surface area (Å²) in [6.07, 6.45) is 0.753. The Labute approximate surface area is 143 Å². The fourth-order valence-electron chi connectivity index (χ4n) is 2.90. The molecule has 0 radical (unpaired) electrons. The summed E-state index contributed by atoms with van der Waals surface area (Å²) in [5, 5.41) is 5.82. The summed E-state index contributed by atoms with van der Waals surface area (Å²) in [6, 6.07) is 3.45. The molecule has 0 unspecified atom stereocenters. The van der Waals surface area contributed by atoms with E-state index in [0.717, 1.165) is 22.7 Å². The van der Waals surface area contributed by atoms with Crippen molar-refractivity contribution in [2.75, 3.05) is 11.9 Å². The predicted octanol–water partition coefficient (Wildman–Crippen LogP) is 2.34. The van der Waals surface area contributed by atoms with E-state index in [1.165, 1.54) is 11.3 Å². The van der Waals surface area contributed by atoms with Gasteiger partial charge in [-0.25, -0.2) is 4.39 Å². The summed E-state index contributed by atoms with van der Waals surface area (Å²) in [6.45, 7) is 5.44. The van der Waals surface area contributed by atoms with Crippen LogP contribution in [0.5, 0.6) is 0 Å². The highest BCUT2D eigenvalue weighted by atomic mass is 32.1. The lowest BCUT2D eigenvalue weighted by Crippen LogP contribution is -2.25. The van der Waals surface area contributed by atoms with E-state index < -0.39 is 0 Å². The molecule has 2 aromatic rings. The Morgan fingerprint density at radius 3 is 2.92 bits per heavy atom. The summed E-state index contributed by atoms with van der Waals surface area (Å²) >= 11 is 1.18. The van der Waals surface area contributed by atoms with Gasteiger partial charge in [0.25, 0.3) is 0 Å². The maximum atomic E-state index is 14.5. The van der Waals surface area contributed by atoms with E-state index in [9.17, 15) is 14.0 Å². The third-order valence-electron chi connectivity index (χ3n) is 4.42. The van der Waals surface area contributed by atoms with Gasteiger partial charge in [-0.3, -0.25) is 9.59 Å². The Balaban J connectivity index is 1.68. The van der Waals surface area contributed by atoms with Crippen LogP contribution in [-0.4, -0.2) is 17.0 Å². The second-order valence-electron chi connectivity index (χ2n) is 5.95. The molecule has 0 atom stereocenters. The molecule has 1 aliphatic heterocycles. The van der Waals surface area contributed by atoms with Gasteiger partial charge >= 0.3 is 4.87 Å². The highest BCUT2D eigenvalue weighted by Gasteiger charge is 2.17. The van der Waals surface area contributed by atoms with Gasteiger partial charge in [-0.05, 0) is 44.0 Å². The van der Waals surface area contributed by atoms with E-state index in [1.807, 2.05) is 19.9 Å². The zero-order chi connectivity index (χ0) is 17.3. The second kappa shape index (κ2) is 6.86. The lowest BCUT2D eigenvalue weighted by molar-refractivity contribution is -0.116. The van der Waals surface area contributed by atoms with Gasteiger partial charge in [0.2, 0.25) is 5.91 Å². The molecular weight excluding hydrogens is 329 g/mol. The number of aromatic nitrogens is 1. The zero-order valence-electron chi connectivity index (χ0n) is 13.7. The average Bonchev–Trinajstić information content (AvgIpc) is 2.81. The quantitative estimate of drug-likeness (QED) is 0.891. The minimum atomic E-state index is -0.345. The van der Waals surface area contributed by atoms with E-state index >= 15 is 0 Å². The molecule has 2 N–H and O–H groups in total. The Morgan fingerprint density at radius 2 is 2.21 bits per heavy atom. The molecule has 0 saturated carbocycles. The first-order chi connectivity index (χ1) is 11.5. The molecule has 3 rings (SSSR count). The lowest BCUT2D eigenvalue weighted by atomic mass is 9.99. The number of carbonyl (C=O) groups is 1. The lowest BCUT2D eigenvalue weighted by Gasteiger charge is -2.19. The number of carbonyl (C=O) groups excluding carboxylic acids is 1. The van der Waals surface area contributed by atoms with Crippen molar-refractivity contribution in [2.24, 2.45) is 0 Å². The number of thiazole rings is 1. The molecule has 24 heavy (non-hydrogen) atoms. The number of nitrogens with one attached hydrogen (secondary N) is 2. The average molecular weight is 349 g/mol. The maximum absolute atomic E-state index is 14.5. The third kappa shape index (κ3) is 3.27. The van der Waals surface area contributed by atoms with Crippen LogP contribution in [0.1, 0.15) is 28.1 Å². The van der Waals surface area contributed by atoms with Crippen LogP contribution < -0.4 is 15.5 Å². The van der Waals surface area contributed by atoms with Crippen LogP contribution in [0.15, 0.2) is 16.9 Å². The molecule has 1 aliphatic rings. The molecule has 2 heterocycles. The fraction of sp³-hybridized carbons (Fsp3) is 0.412. The van der Waals surface area contributed by atoms with E-state index in [-0.39, 0.29) is 28.7 Å². The van der Waals surface area contributed by atoms with Gasteiger partial charge in [0.1, 0.15) is 5.82 Å². The number of benzene rings is 1. The van der Waals surface area contributed by atoms with Crippen LogP contribution in [-0.2, 0) is 24.3 Å². The highest BCUT2D eigenvalue weighted by Crippen LogP contribution is 2.24. The summed E-state index contributed by atoms with van der Waals surface area (Å²) in [7, 11) is 0. The van der Waals surface area contributed by atoms with Crippen molar-refractivity contribution >= 4 is 22.9 Å². The smallest absolute Gasteiger partial charge is 0.307 e. The maximum Gasteiger partial charge on any atom is 0.307 e. The fourth-order valence-corrected chi connectivity index (χ4v) is 3.76. The Kier molecular flexibility index (Phi) is 4.82. The van der Waals surface area contributed by atoms with Crippen LogP contribution >= 0.6 is 11.3 Å². The first-order valence-corrected chi connectivity index (χ1v) is 8.76. The molecular formula is C17H20FN3O2S. The zero-order valence-corrected chi connectivity index (χ0v) is 14.6. The van der Waals surface area contributed by atoms with Crippen LogP contribution in [0.3, 0.4) is 0 Å². The number of rotatable bonds is 4. The van der Waals surface area contributed by atoms with Gasteiger partial charge < -0.3 is 15.2 Å². The first-order valence-electron chi connectivity index (χ1n) is 7.95. The van der Waals surface area contributed by atoms with Crippen LogP contribution in [0.25, 0.3) is 0 Å². The number of anilines is 1. The molecule has 128 valence electrons. The van der Waals surface area contributed by atoms with E-state index in [1.54, 1.807) is 10.6 Å². The second-order valence-corrected chi connectivity index (χ2v) is 7.12. The molecule has 7 heteroatoms. The molecule has 0 spiro atoms. The normalized spacial score (nSPS) is 13.6. The van der Waals surface area contributed by atoms with Gasteiger partial charge in [0, 0.05) is 30.1 Å². The van der Waals surface area contributed by atoms with Gasteiger partial charge in [-0.15, -0.1) is 0 Å². The number of hydrogen-bond acceptors (Lipinski definition) is 4. The molecule has 1 aromatic heterocycles. The molecule has 1 amide bonds. The standard InChI is InChI=1S/C17H20FN3O2S/c1-10-11(2)24-17(23)21(10)8-6-15(22)20-14-4-3-12-9-19-7-5-13(12)16(14)18/h3-4,19H,5-9H2,1-2H3,(H,20,22). The minimum Gasteiger partial charge on any atom is -0.324 e. The molecule has 1 aromatic carbocycles. The third-order valence-corrected chi connectivity index (χ3v) is 5.42. The number of fused-ring (bicyclic) bond motifs is 1. The van der Waals surface area contributed by atoms with Crippen molar-refractivity contribution in [1.82, 2.24) is 9.88 Å². The topological polar surface area (TPSA) is 63.1 Å². The number of nitrogens with zero attached hydrogens (tertiary/aromatic N) is 1. The largest absolute Gasteiger partial charge is 0.324 e. The van der Waals surface area contributed by atoms with Crippen LogP contribution in [0.2, 0.25) is 0 Å². The van der Waals surface area contributed by atoms with Crippen molar-refractivity contribution in [3.05, 3.63) is 49.3 Å². The number of hydrogen-bond donors (Lipinski definition) is 2. The summed E-state index contributed by atoms with van der Waals surface area (Å²) < 4.78 is 16.1. The Bertz CT molecular complexity index is 841.